The highest BCUT2D eigenvalue weighted by Gasteiger charge is 2.39. The predicted molar refractivity (Wildman–Crippen MR) is 68.8 cm³/mol. The van der Waals surface area contributed by atoms with E-state index < -0.39 is 17.7 Å². The molecule has 0 saturated carbocycles. The molecule has 1 heterocycles. The maximum Gasteiger partial charge on any atom is 0.371 e. The molecule has 1 rings (SSSR count). The van der Waals surface area contributed by atoms with Crippen molar-refractivity contribution in [1.29, 1.82) is 0 Å². The van der Waals surface area contributed by atoms with Gasteiger partial charge in [-0.25, -0.2) is 9.59 Å². The van der Waals surface area contributed by atoms with Crippen molar-refractivity contribution >= 4 is 11.9 Å². The van der Waals surface area contributed by atoms with Crippen molar-refractivity contribution in [3.63, 3.8) is 0 Å². The molecular weight excluding hydrogens is 250 g/mol. The number of carboxylic acids is 2. The molecule has 0 aromatic heterocycles. The summed E-state index contributed by atoms with van der Waals surface area (Å²) in [5.41, 5.74) is -0.390. The SMILES string of the molecule is CC1(C)CC(O/C(=C\C(=O)O)C(=O)O)CC(C)(C)N1. The highest BCUT2D eigenvalue weighted by molar-refractivity contribution is 5.92. The van der Waals surface area contributed by atoms with Gasteiger partial charge in [0.15, 0.2) is 0 Å². The Morgan fingerprint density at radius 3 is 2.00 bits per heavy atom. The normalized spacial score (nSPS) is 22.8. The number of carbonyl (C=O) groups is 2. The van der Waals surface area contributed by atoms with Crippen molar-refractivity contribution in [3.05, 3.63) is 11.8 Å². The van der Waals surface area contributed by atoms with Gasteiger partial charge in [0, 0.05) is 23.9 Å². The number of hydrogen-bond acceptors (Lipinski definition) is 4. The smallest absolute Gasteiger partial charge is 0.371 e. The van der Waals surface area contributed by atoms with E-state index in [0.717, 1.165) is 0 Å². The van der Waals surface area contributed by atoms with E-state index in [4.69, 9.17) is 14.9 Å². The summed E-state index contributed by atoms with van der Waals surface area (Å²) in [4.78, 5) is 21.5. The van der Waals surface area contributed by atoms with Crippen LogP contribution in [0.25, 0.3) is 0 Å². The van der Waals surface area contributed by atoms with Crippen molar-refractivity contribution in [1.82, 2.24) is 5.32 Å². The molecule has 0 unspecified atom stereocenters. The minimum absolute atomic E-state index is 0.195. The van der Waals surface area contributed by atoms with Gasteiger partial charge in [0.25, 0.3) is 0 Å². The van der Waals surface area contributed by atoms with E-state index in [2.05, 4.69) is 5.32 Å². The Hall–Kier alpha value is -1.56. The molecule has 6 nitrogen and oxygen atoms in total. The van der Waals surface area contributed by atoms with Crippen LogP contribution in [0.3, 0.4) is 0 Å². The average Bonchev–Trinajstić information content (AvgIpc) is 2.09. The Bertz CT molecular complexity index is 395. The molecule has 1 saturated heterocycles. The fourth-order valence-corrected chi connectivity index (χ4v) is 2.75. The van der Waals surface area contributed by atoms with E-state index in [1.165, 1.54) is 0 Å². The first-order valence-electron chi connectivity index (χ1n) is 6.15. The van der Waals surface area contributed by atoms with Crippen molar-refractivity contribution in [2.45, 2.75) is 57.7 Å². The number of rotatable bonds is 4. The number of nitrogens with one attached hydrogen (secondary N) is 1. The van der Waals surface area contributed by atoms with Crippen LogP contribution in [0.4, 0.5) is 0 Å². The molecule has 0 atom stereocenters. The standard InChI is InChI=1S/C13H21NO5/c1-12(2)6-8(7-13(3,4)14-12)19-9(11(17)18)5-10(15)16/h5,8,14H,6-7H2,1-4H3,(H,15,16)(H,17,18)/b9-5-. The van der Waals surface area contributed by atoms with Gasteiger partial charge in [-0.05, 0) is 27.7 Å². The van der Waals surface area contributed by atoms with Gasteiger partial charge < -0.3 is 20.3 Å². The molecule has 0 aromatic rings. The second-order valence-electron chi connectivity index (χ2n) is 6.19. The third kappa shape index (κ3) is 4.90. The van der Waals surface area contributed by atoms with Crippen LogP contribution in [-0.2, 0) is 14.3 Å². The molecule has 0 amide bonds. The summed E-state index contributed by atoms with van der Waals surface area (Å²) in [5.74, 6) is -3.22. The monoisotopic (exact) mass is 271 g/mol. The number of aliphatic carboxylic acids is 2. The van der Waals surface area contributed by atoms with Crippen LogP contribution in [0.2, 0.25) is 0 Å². The van der Waals surface area contributed by atoms with Crippen molar-refractivity contribution in [3.8, 4) is 0 Å². The van der Waals surface area contributed by atoms with Crippen LogP contribution >= 0.6 is 0 Å². The van der Waals surface area contributed by atoms with Crippen LogP contribution in [0, 0.1) is 0 Å². The largest absolute Gasteiger partial charge is 0.483 e. The number of piperidine rings is 1. The van der Waals surface area contributed by atoms with Gasteiger partial charge in [0.05, 0.1) is 6.08 Å². The number of hydrogen-bond donors (Lipinski definition) is 3. The van der Waals surface area contributed by atoms with Gasteiger partial charge in [0.2, 0.25) is 5.76 Å². The highest BCUT2D eigenvalue weighted by Crippen LogP contribution is 2.31. The summed E-state index contributed by atoms with van der Waals surface area (Å²) in [6.07, 6.45) is 1.49. The molecule has 1 fully saturated rings. The van der Waals surface area contributed by atoms with E-state index in [9.17, 15) is 9.59 Å². The van der Waals surface area contributed by atoms with E-state index in [1.54, 1.807) is 0 Å². The fraction of sp³-hybridized carbons (Fsp3) is 0.692. The van der Waals surface area contributed by atoms with Crippen LogP contribution in [0.15, 0.2) is 11.8 Å². The first-order valence-corrected chi connectivity index (χ1v) is 6.15. The molecule has 3 N–H and O–H groups in total. The molecule has 1 aliphatic rings. The van der Waals surface area contributed by atoms with Gasteiger partial charge >= 0.3 is 11.9 Å². The molecule has 0 spiro atoms. The third-order valence-corrected chi connectivity index (χ3v) is 2.91. The summed E-state index contributed by atoms with van der Waals surface area (Å²) in [5, 5.41) is 21.0. The molecule has 0 aliphatic carbocycles. The van der Waals surface area contributed by atoms with E-state index in [0.29, 0.717) is 18.9 Å². The summed E-state index contributed by atoms with van der Waals surface area (Å²) in [6.45, 7) is 8.02. The fourth-order valence-electron chi connectivity index (χ4n) is 2.75. The van der Waals surface area contributed by atoms with Crippen molar-refractivity contribution in [2.24, 2.45) is 0 Å². The van der Waals surface area contributed by atoms with Crippen LogP contribution in [0.1, 0.15) is 40.5 Å². The quantitative estimate of drug-likeness (QED) is 0.528. The van der Waals surface area contributed by atoms with E-state index in [1.807, 2.05) is 27.7 Å². The zero-order valence-corrected chi connectivity index (χ0v) is 11.7. The highest BCUT2D eigenvalue weighted by atomic mass is 16.5. The Labute approximate surface area is 112 Å². The number of ether oxygens (including phenoxy) is 1. The molecule has 108 valence electrons. The van der Waals surface area contributed by atoms with Crippen LogP contribution in [-0.4, -0.2) is 39.3 Å². The van der Waals surface area contributed by atoms with E-state index in [-0.39, 0.29) is 17.2 Å². The summed E-state index contributed by atoms with van der Waals surface area (Å²) in [6, 6.07) is 0. The van der Waals surface area contributed by atoms with Gasteiger partial charge in [-0.2, -0.15) is 0 Å². The Kier molecular flexibility index (Phi) is 4.25. The summed E-state index contributed by atoms with van der Waals surface area (Å²) < 4.78 is 5.38. The Morgan fingerprint density at radius 1 is 1.16 bits per heavy atom. The van der Waals surface area contributed by atoms with Crippen LogP contribution < -0.4 is 5.32 Å². The van der Waals surface area contributed by atoms with Crippen molar-refractivity contribution < 1.29 is 24.5 Å². The Morgan fingerprint density at radius 2 is 1.63 bits per heavy atom. The lowest BCUT2D eigenvalue weighted by Gasteiger charge is -2.46. The maximum atomic E-state index is 11.0. The molecule has 1 aliphatic heterocycles. The zero-order valence-electron chi connectivity index (χ0n) is 11.7. The minimum atomic E-state index is -1.36. The second-order valence-corrected chi connectivity index (χ2v) is 6.19. The van der Waals surface area contributed by atoms with Gasteiger partial charge in [-0.1, -0.05) is 0 Å². The van der Waals surface area contributed by atoms with Gasteiger partial charge in [0.1, 0.15) is 6.10 Å². The Balaban J connectivity index is 2.85. The molecule has 19 heavy (non-hydrogen) atoms. The molecular formula is C13H21NO5. The summed E-state index contributed by atoms with van der Waals surface area (Å²) >= 11 is 0. The minimum Gasteiger partial charge on any atom is -0.483 e. The first-order chi connectivity index (χ1) is 8.51. The van der Waals surface area contributed by atoms with Gasteiger partial charge in [-0.15, -0.1) is 0 Å². The average molecular weight is 271 g/mol. The molecule has 6 heteroatoms. The lowest BCUT2D eigenvalue weighted by Crippen LogP contribution is -2.59. The van der Waals surface area contributed by atoms with Gasteiger partial charge in [-0.3, -0.25) is 0 Å². The topological polar surface area (TPSA) is 95.9 Å². The number of carboxylic acid groups (broad SMARTS) is 2. The molecule has 0 radical (unpaired) electrons. The van der Waals surface area contributed by atoms with Crippen molar-refractivity contribution in [2.75, 3.05) is 0 Å². The zero-order chi connectivity index (χ0) is 14.8. The third-order valence-electron chi connectivity index (χ3n) is 2.91. The van der Waals surface area contributed by atoms with E-state index >= 15 is 0 Å². The first kappa shape index (κ1) is 15.5. The summed E-state index contributed by atoms with van der Waals surface area (Å²) in [7, 11) is 0. The second kappa shape index (κ2) is 5.21. The maximum absolute atomic E-state index is 11.0. The predicted octanol–water partition coefficient (Wildman–Crippen LogP) is 1.37. The van der Waals surface area contributed by atoms with Crippen LogP contribution in [0.5, 0.6) is 0 Å². The lowest BCUT2D eigenvalue weighted by molar-refractivity contribution is -0.140. The molecule has 0 aromatic carbocycles. The molecule has 0 bridgehead atoms. The lowest BCUT2D eigenvalue weighted by atomic mass is 9.81.